The molecule has 0 unspecified atom stereocenters. The van der Waals surface area contributed by atoms with Crippen molar-refractivity contribution in [2.24, 2.45) is 5.41 Å². The van der Waals surface area contributed by atoms with Crippen LogP contribution < -0.4 is 5.32 Å². The van der Waals surface area contributed by atoms with Gasteiger partial charge in [0.25, 0.3) is 0 Å². The van der Waals surface area contributed by atoms with E-state index in [-0.39, 0.29) is 17.2 Å². The second kappa shape index (κ2) is 5.84. The third-order valence-corrected chi connectivity index (χ3v) is 4.69. The maximum atomic E-state index is 12.3. The lowest BCUT2D eigenvalue weighted by Crippen LogP contribution is -2.44. The van der Waals surface area contributed by atoms with Crippen molar-refractivity contribution in [2.75, 3.05) is 19.6 Å². The molecule has 2 aliphatic rings. The molecule has 2 aliphatic heterocycles. The average Bonchev–Trinajstić information content (AvgIpc) is 2.87. The molecule has 0 bridgehead atoms. The quantitative estimate of drug-likeness (QED) is 0.907. The van der Waals surface area contributed by atoms with E-state index < -0.39 is 0 Å². The van der Waals surface area contributed by atoms with E-state index in [2.05, 4.69) is 10.3 Å². The fraction of sp³-hybridized carbons (Fsp3) is 0.562. The highest BCUT2D eigenvalue weighted by atomic mass is 16.2. The summed E-state index contributed by atoms with van der Waals surface area (Å²) >= 11 is 0. The van der Waals surface area contributed by atoms with Crippen molar-refractivity contribution in [3.8, 4) is 0 Å². The minimum absolute atomic E-state index is 0.106. The predicted molar refractivity (Wildman–Crippen MR) is 78.4 cm³/mol. The smallest absolute Gasteiger partial charge is 0.222 e. The molecule has 0 saturated carbocycles. The van der Waals surface area contributed by atoms with Gasteiger partial charge in [-0.05, 0) is 36.8 Å². The Morgan fingerprint density at radius 2 is 2.14 bits per heavy atom. The number of pyridine rings is 1. The van der Waals surface area contributed by atoms with E-state index in [0.717, 1.165) is 38.2 Å². The SMILES string of the molecule is O=C1CC2(CCN(C(=O)CCc3ccccn3)CC2)CN1. The van der Waals surface area contributed by atoms with Gasteiger partial charge in [-0.3, -0.25) is 14.6 Å². The number of hydrogen-bond acceptors (Lipinski definition) is 3. The molecule has 0 atom stereocenters. The van der Waals surface area contributed by atoms with Crippen LogP contribution in [0.15, 0.2) is 24.4 Å². The predicted octanol–water partition coefficient (Wildman–Crippen LogP) is 1.14. The van der Waals surface area contributed by atoms with Crippen molar-refractivity contribution in [1.29, 1.82) is 0 Å². The molecule has 1 aromatic heterocycles. The van der Waals surface area contributed by atoms with Gasteiger partial charge in [0.15, 0.2) is 0 Å². The van der Waals surface area contributed by atoms with Gasteiger partial charge in [-0.15, -0.1) is 0 Å². The molecule has 0 radical (unpaired) electrons. The van der Waals surface area contributed by atoms with Gasteiger partial charge in [0.05, 0.1) is 0 Å². The van der Waals surface area contributed by atoms with Crippen molar-refractivity contribution >= 4 is 11.8 Å². The van der Waals surface area contributed by atoms with Gasteiger partial charge in [-0.1, -0.05) is 6.07 Å². The Bertz CT molecular complexity index is 522. The van der Waals surface area contributed by atoms with Crippen molar-refractivity contribution in [3.63, 3.8) is 0 Å². The lowest BCUT2D eigenvalue weighted by atomic mass is 9.77. The zero-order valence-corrected chi connectivity index (χ0v) is 12.2. The van der Waals surface area contributed by atoms with Gasteiger partial charge in [0.2, 0.25) is 11.8 Å². The molecule has 1 spiro atoms. The second-order valence-corrected chi connectivity index (χ2v) is 6.16. The van der Waals surface area contributed by atoms with Crippen LogP contribution in [-0.4, -0.2) is 41.3 Å². The molecule has 3 rings (SSSR count). The van der Waals surface area contributed by atoms with Crippen LogP contribution in [0, 0.1) is 5.41 Å². The lowest BCUT2D eigenvalue weighted by molar-refractivity contribution is -0.133. The zero-order valence-electron chi connectivity index (χ0n) is 12.2. The number of carbonyl (C=O) groups excluding carboxylic acids is 2. The number of aromatic nitrogens is 1. The van der Waals surface area contributed by atoms with E-state index in [1.165, 1.54) is 0 Å². The fourth-order valence-electron chi connectivity index (χ4n) is 3.27. The number of aryl methyl sites for hydroxylation is 1. The molecule has 2 fully saturated rings. The highest BCUT2D eigenvalue weighted by Gasteiger charge is 2.41. The third-order valence-electron chi connectivity index (χ3n) is 4.69. The van der Waals surface area contributed by atoms with E-state index in [4.69, 9.17) is 0 Å². The molecule has 3 heterocycles. The summed E-state index contributed by atoms with van der Waals surface area (Å²) in [7, 11) is 0. The van der Waals surface area contributed by atoms with Crippen LogP contribution >= 0.6 is 0 Å². The molecule has 2 amide bonds. The second-order valence-electron chi connectivity index (χ2n) is 6.16. The number of nitrogens with zero attached hydrogens (tertiary/aromatic N) is 2. The normalized spacial score (nSPS) is 20.6. The van der Waals surface area contributed by atoms with Crippen molar-refractivity contribution in [2.45, 2.75) is 32.1 Å². The standard InChI is InChI=1S/C16H21N3O2/c20-14-11-16(12-18-14)6-9-19(10-7-16)15(21)5-4-13-3-1-2-8-17-13/h1-3,8H,4-7,9-12H2,(H,18,20). The maximum Gasteiger partial charge on any atom is 0.222 e. The van der Waals surface area contributed by atoms with Gasteiger partial charge < -0.3 is 10.2 Å². The first-order valence-corrected chi connectivity index (χ1v) is 7.61. The number of hydrogen-bond donors (Lipinski definition) is 1. The van der Waals surface area contributed by atoms with Gasteiger partial charge in [-0.25, -0.2) is 0 Å². The number of rotatable bonds is 3. The minimum atomic E-state index is 0.106. The van der Waals surface area contributed by atoms with E-state index >= 15 is 0 Å². The summed E-state index contributed by atoms with van der Waals surface area (Å²) in [4.78, 5) is 29.8. The molecule has 5 heteroatoms. The summed E-state index contributed by atoms with van der Waals surface area (Å²) < 4.78 is 0. The fourth-order valence-corrected chi connectivity index (χ4v) is 3.27. The van der Waals surface area contributed by atoms with E-state index in [1.807, 2.05) is 23.1 Å². The third kappa shape index (κ3) is 3.23. The van der Waals surface area contributed by atoms with E-state index in [0.29, 0.717) is 19.3 Å². The Morgan fingerprint density at radius 3 is 2.76 bits per heavy atom. The number of nitrogens with one attached hydrogen (secondary N) is 1. The molecule has 112 valence electrons. The molecule has 21 heavy (non-hydrogen) atoms. The van der Waals surface area contributed by atoms with Crippen LogP contribution in [0.2, 0.25) is 0 Å². The van der Waals surface area contributed by atoms with Crippen LogP contribution in [0.1, 0.15) is 31.4 Å². The van der Waals surface area contributed by atoms with Crippen LogP contribution in [0.3, 0.4) is 0 Å². The molecular formula is C16H21N3O2. The Hall–Kier alpha value is -1.91. The first kappa shape index (κ1) is 14.0. The molecule has 1 N–H and O–H groups in total. The zero-order chi connectivity index (χ0) is 14.7. The van der Waals surface area contributed by atoms with E-state index in [9.17, 15) is 9.59 Å². The van der Waals surface area contributed by atoms with Crippen LogP contribution in [0.5, 0.6) is 0 Å². The average molecular weight is 287 g/mol. The van der Waals surface area contributed by atoms with Gasteiger partial charge >= 0.3 is 0 Å². The number of likely N-dealkylation sites (tertiary alicyclic amines) is 1. The van der Waals surface area contributed by atoms with Crippen LogP contribution in [0.4, 0.5) is 0 Å². The summed E-state index contributed by atoms with van der Waals surface area (Å²) in [5, 5.41) is 2.92. The Balaban J connectivity index is 1.48. The topological polar surface area (TPSA) is 62.3 Å². The first-order valence-electron chi connectivity index (χ1n) is 7.61. The summed E-state index contributed by atoms with van der Waals surface area (Å²) in [6.45, 7) is 2.33. The van der Waals surface area contributed by atoms with Gasteiger partial charge in [-0.2, -0.15) is 0 Å². The summed E-state index contributed by atoms with van der Waals surface area (Å²) in [5.41, 5.74) is 1.07. The first-order chi connectivity index (χ1) is 10.2. The summed E-state index contributed by atoms with van der Waals surface area (Å²) in [6.07, 6.45) is 5.46. The lowest BCUT2D eigenvalue weighted by Gasteiger charge is -2.38. The maximum absolute atomic E-state index is 12.3. The number of piperidine rings is 1. The molecule has 2 saturated heterocycles. The van der Waals surface area contributed by atoms with Crippen molar-refractivity contribution in [3.05, 3.63) is 30.1 Å². The van der Waals surface area contributed by atoms with Crippen LogP contribution in [-0.2, 0) is 16.0 Å². The Morgan fingerprint density at radius 1 is 1.33 bits per heavy atom. The number of amides is 2. The highest BCUT2D eigenvalue weighted by Crippen LogP contribution is 2.37. The molecule has 0 aliphatic carbocycles. The highest BCUT2D eigenvalue weighted by molar-refractivity contribution is 5.79. The van der Waals surface area contributed by atoms with Crippen molar-refractivity contribution in [1.82, 2.24) is 15.2 Å². The van der Waals surface area contributed by atoms with Crippen LogP contribution in [0.25, 0.3) is 0 Å². The molecular weight excluding hydrogens is 266 g/mol. The molecule has 0 aromatic carbocycles. The summed E-state index contributed by atoms with van der Waals surface area (Å²) in [5.74, 6) is 0.359. The number of carbonyl (C=O) groups is 2. The van der Waals surface area contributed by atoms with E-state index in [1.54, 1.807) is 6.20 Å². The molecule has 5 nitrogen and oxygen atoms in total. The molecule has 1 aromatic rings. The largest absolute Gasteiger partial charge is 0.356 e. The summed E-state index contributed by atoms with van der Waals surface area (Å²) in [6, 6.07) is 5.78. The monoisotopic (exact) mass is 287 g/mol. The minimum Gasteiger partial charge on any atom is -0.356 e. The Kier molecular flexibility index (Phi) is 3.90. The van der Waals surface area contributed by atoms with Gasteiger partial charge in [0, 0.05) is 44.4 Å². The van der Waals surface area contributed by atoms with Crippen molar-refractivity contribution < 1.29 is 9.59 Å². The van der Waals surface area contributed by atoms with Gasteiger partial charge in [0.1, 0.15) is 0 Å². The Labute approximate surface area is 124 Å².